The van der Waals surface area contributed by atoms with Gasteiger partial charge >= 0.3 is 6.03 Å². The first-order chi connectivity index (χ1) is 8.51. The van der Waals surface area contributed by atoms with E-state index in [1.807, 2.05) is 0 Å². The van der Waals surface area contributed by atoms with Crippen LogP contribution in [0.4, 0.5) is 14.9 Å². The summed E-state index contributed by atoms with van der Waals surface area (Å²) in [5.74, 6) is 0.0679. The Balaban J connectivity index is 2.50. The van der Waals surface area contributed by atoms with Crippen LogP contribution in [-0.2, 0) is 0 Å². The van der Waals surface area contributed by atoms with Crippen molar-refractivity contribution in [3.05, 3.63) is 30.1 Å². The largest absolute Gasteiger partial charge is 0.334 e. The summed E-state index contributed by atoms with van der Waals surface area (Å²) in [7, 11) is 0. The molecule has 0 radical (unpaired) electrons. The van der Waals surface area contributed by atoms with Gasteiger partial charge in [0.15, 0.2) is 0 Å². The minimum atomic E-state index is -0.384. The number of nitrogens with two attached hydrogens (primary N) is 1. The summed E-state index contributed by atoms with van der Waals surface area (Å²) >= 11 is 0. The van der Waals surface area contributed by atoms with E-state index in [0.29, 0.717) is 18.2 Å². The van der Waals surface area contributed by atoms with Crippen molar-refractivity contribution in [2.75, 3.05) is 11.9 Å². The molecule has 4 N–H and O–H groups in total. The van der Waals surface area contributed by atoms with Gasteiger partial charge in [0.05, 0.1) is 0 Å². The third-order valence-electron chi connectivity index (χ3n) is 2.46. The molecular weight excluding hydrogens is 233 g/mol. The molecular formula is C13H20FN3O. The third-order valence-corrected chi connectivity index (χ3v) is 2.46. The molecule has 0 aliphatic carbocycles. The highest BCUT2D eigenvalue weighted by Crippen LogP contribution is 2.09. The number of halogens is 1. The van der Waals surface area contributed by atoms with Crippen LogP contribution in [0.1, 0.15) is 20.3 Å². The molecule has 1 aromatic rings. The highest BCUT2D eigenvalue weighted by molar-refractivity contribution is 5.89. The van der Waals surface area contributed by atoms with E-state index in [2.05, 4.69) is 24.5 Å². The van der Waals surface area contributed by atoms with Crippen LogP contribution < -0.4 is 16.4 Å². The fourth-order valence-corrected chi connectivity index (χ4v) is 1.70. The van der Waals surface area contributed by atoms with Gasteiger partial charge < -0.3 is 16.4 Å². The van der Waals surface area contributed by atoms with Crippen LogP contribution in [-0.4, -0.2) is 18.6 Å². The Hall–Kier alpha value is -1.62. The predicted molar refractivity (Wildman–Crippen MR) is 70.9 cm³/mol. The fraction of sp³-hybridized carbons (Fsp3) is 0.462. The van der Waals surface area contributed by atoms with Gasteiger partial charge in [-0.15, -0.1) is 0 Å². The summed E-state index contributed by atoms with van der Waals surface area (Å²) in [6, 6.07) is 5.32. The van der Waals surface area contributed by atoms with Crippen molar-refractivity contribution in [3.63, 3.8) is 0 Å². The first kappa shape index (κ1) is 14.4. The first-order valence-corrected chi connectivity index (χ1v) is 6.04. The van der Waals surface area contributed by atoms with Crippen LogP contribution in [0.15, 0.2) is 24.3 Å². The van der Waals surface area contributed by atoms with Crippen molar-refractivity contribution in [1.29, 1.82) is 0 Å². The zero-order valence-corrected chi connectivity index (χ0v) is 10.7. The second-order valence-corrected chi connectivity index (χ2v) is 4.67. The van der Waals surface area contributed by atoms with E-state index < -0.39 is 0 Å². The van der Waals surface area contributed by atoms with Crippen LogP contribution in [0.3, 0.4) is 0 Å². The van der Waals surface area contributed by atoms with Crippen molar-refractivity contribution in [2.45, 2.75) is 26.3 Å². The van der Waals surface area contributed by atoms with Crippen LogP contribution in [0, 0.1) is 11.7 Å². The minimum Gasteiger partial charge on any atom is -0.334 e. The van der Waals surface area contributed by atoms with Gasteiger partial charge in [-0.05, 0) is 30.5 Å². The number of hydrogen-bond donors (Lipinski definition) is 3. The molecule has 0 saturated carbocycles. The SMILES string of the molecule is CC(C)CC(CN)NC(=O)Nc1cccc(F)c1. The van der Waals surface area contributed by atoms with Crippen molar-refractivity contribution in [2.24, 2.45) is 11.7 Å². The average Bonchev–Trinajstić information content (AvgIpc) is 2.27. The summed E-state index contributed by atoms with van der Waals surface area (Å²) in [4.78, 5) is 11.7. The average molecular weight is 253 g/mol. The van der Waals surface area contributed by atoms with Gasteiger partial charge in [-0.3, -0.25) is 0 Å². The number of carbonyl (C=O) groups excluding carboxylic acids is 1. The highest BCUT2D eigenvalue weighted by Gasteiger charge is 2.12. The zero-order valence-electron chi connectivity index (χ0n) is 10.7. The number of amides is 2. The van der Waals surface area contributed by atoms with E-state index in [1.54, 1.807) is 12.1 Å². The van der Waals surface area contributed by atoms with E-state index >= 15 is 0 Å². The van der Waals surface area contributed by atoms with E-state index in [4.69, 9.17) is 5.73 Å². The maximum absolute atomic E-state index is 12.9. The Bertz CT molecular complexity index is 396. The quantitative estimate of drug-likeness (QED) is 0.754. The van der Waals surface area contributed by atoms with Crippen LogP contribution >= 0.6 is 0 Å². The Morgan fingerprint density at radius 3 is 2.72 bits per heavy atom. The number of rotatable bonds is 5. The molecule has 2 amide bonds. The fourth-order valence-electron chi connectivity index (χ4n) is 1.70. The van der Waals surface area contributed by atoms with Gasteiger partial charge in [0.1, 0.15) is 5.82 Å². The first-order valence-electron chi connectivity index (χ1n) is 6.04. The van der Waals surface area contributed by atoms with Gasteiger partial charge in [-0.2, -0.15) is 0 Å². The molecule has 0 bridgehead atoms. The Morgan fingerprint density at radius 1 is 1.44 bits per heavy atom. The van der Waals surface area contributed by atoms with Crippen LogP contribution in [0.25, 0.3) is 0 Å². The number of urea groups is 1. The molecule has 0 fully saturated rings. The Labute approximate surface area is 107 Å². The van der Waals surface area contributed by atoms with Crippen LogP contribution in [0.5, 0.6) is 0 Å². The number of hydrogen-bond acceptors (Lipinski definition) is 2. The lowest BCUT2D eigenvalue weighted by molar-refractivity contribution is 0.247. The standard InChI is InChI=1S/C13H20FN3O/c1-9(2)6-12(8-15)17-13(18)16-11-5-3-4-10(14)7-11/h3-5,7,9,12H,6,8,15H2,1-2H3,(H2,16,17,18). The normalized spacial score (nSPS) is 12.3. The Morgan fingerprint density at radius 2 is 2.17 bits per heavy atom. The summed E-state index contributed by atoms with van der Waals surface area (Å²) < 4.78 is 12.9. The molecule has 1 rings (SSSR count). The summed E-state index contributed by atoms with van der Waals surface area (Å²) in [5, 5.41) is 5.34. The van der Waals surface area contributed by atoms with Crippen molar-refractivity contribution >= 4 is 11.7 Å². The topological polar surface area (TPSA) is 67.1 Å². The van der Waals surface area contributed by atoms with Gasteiger partial charge in [-0.25, -0.2) is 9.18 Å². The molecule has 18 heavy (non-hydrogen) atoms. The van der Waals surface area contributed by atoms with E-state index in [-0.39, 0.29) is 17.9 Å². The monoisotopic (exact) mass is 253 g/mol. The minimum absolute atomic E-state index is 0.0708. The van der Waals surface area contributed by atoms with E-state index in [1.165, 1.54) is 12.1 Å². The third kappa shape index (κ3) is 5.14. The number of nitrogens with one attached hydrogen (secondary N) is 2. The molecule has 0 saturated heterocycles. The molecule has 1 aromatic carbocycles. The van der Waals surface area contributed by atoms with Gasteiger partial charge in [0.2, 0.25) is 0 Å². The van der Waals surface area contributed by atoms with Gasteiger partial charge in [0.25, 0.3) is 0 Å². The summed E-state index contributed by atoms with van der Waals surface area (Å²) in [6.07, 6.45) is 0.813. The highest BCUT2D eigenvalue weighted by atomic mass is 19.1. The van der Waals surface area contributed by atoms with Crippen molar-refractivity contribution in [3.8, 4) is 0 Å². The second-order valence-electron chi connectivity index (χ2n) is 4.67. The van der Waals surface area contributed by atoms with E-state index in [9.17, 15) is 9.18 Å². The van der Waals surface area contributed by atoms with E-state index in [0.717, 1.165) is 6.42 Å². The number of anilines is 1. The molecule has 5 heteroatoms. The van der Waals surface area contributed by atoms with Gasteiger partial charge in [-0.1, -0.05) is 19.9 Å². The molecule has 1 atom stereocenters. The maximum Gasteiger partial charge on any atom is 0.319 e. The molecule has 0 aliphatic heterocycles. The number of carbonyl (C=O) groups is 1. The lowest BCUT2D eigenvalue weighted by atomic mass is 10.0. The zero-order chi connectivity index (χ0) is 13.5. The molecule has 1 unspecified atom stereocenters. The summed E-state index contributed by atoms with van der Waals surface area (Å²) in [5.41, 5.74) is 6.01. The molecule has 0 aromatic heterocycles. The van der Waals surface area contributed by atoms with Crippen molar-refractivity contribution < 1.29 is 9.18 Å². The van der Waals surface area contributed by atoms with Gasteiger partial charge in [0, 0.05) is 18.3 Å². The molecule has 0 heterocycles. The maximum atomic E-state index is 12.9. The smallest absolute Gasteiger partial charge is 0.319 e. The molecule has 0 spiro atoms. The molecule has 4 nitrogen and oxygen atoms in total. The molecule has 0 aliphatic rings. The Kier molecular flexibility index (Phi) is 5.58. The second kappa shape index (κ2) is 6.96. The van der Waals surface area contributed by atoms with Crippen LogP contribution in [0.2, 0.25) is 0 Å². The lowest BCUT2D eigenvalue weighted by Gasteiger charge is -2.19. The number of benzene rings is 1. The predicted octanol–water partition coefficient (Wildman–Crippen LogP) is 2.32. The van der Waals surface area contributed by atoms with Crippen molar-refractivity contribution in [1.82, 2.24) is 5.32 Å². The lowest BCUT2D eigenvalue weighted by Crippen LogP contribution is -2.43. The summed E-state index contributed by atoms with van der Waals surface area (Å²) in [6.45, 7) is 4.51. The molecule has 100 valence electrons.